The van der Waals surface area contributed by atoms with Crippen molar-refractivity contribution < 1.29 is 14.3 Å². The number of rotatable bonds is 9. The lowest BCUT2D eigenvalue weighted by molar-refractivity contribution is -0.145. The topological polar surface area (TPSA) is 50.8 Å². The fourth-order valence-corrected chi connectivity index (χ4v) is 1.79. The summed E-state index contributed by atoms with van der Waals surface area (Å²) in [7, 11) is 0. The molecule has 5 nitrogen and oxygen atoms in total. The van der Waals surface area contributed by atoms with Crippen molar-refractivity contribution in [2.75, 3.05) is 52.5 Å². The van der Waals surface area contributed by atoms with E-state index in [4.69, 9.17) is 9.47 Å². The van der Waals surface area contributed by atoms with Crippen LogP contribution in [0.4, 0.5) is 0 Å². The summed E-state index contributed by atoms with van der Waals surface area (Å²) in [4.78, 5) is 13.6. The van der Waals surface area contributed by atoms with Crippen LogP contribution in [0.3, 0.4) is 0 Å². The first-order chi connectivity index (χ1) is 8.83. The second kappa shape index (κ2) is 10.3. The smallest absolute Gasteiger partial charge is 0.308 e. The van der Waals surface area contributed by atoms with E-state index in [1.807, 2.05) is 0 Å². The summed E-state index contributed by atoms with van der Waals surface area (Å²) in [6.07, 6.45) is 2.36. The molecule has 0 aromatic rings. The molecule has 0 bridgehead atoms. The molecule has 0 unspecified atom stereocenters. The summed E-state index contributed by atoms with van der Waals surface area (Å²) >= 11 is 0. The van der Waals surface area contributed by atoms with Gasteiger partial charge in [0.2, 0.25) is 0 Å². The van der Waals surface area contributed by atoms with Crippen LogP contribution in [0.25, 0.3) is 0 Å². The van der Waals surface area contributed by atoms with Gasteiger partial charge < -0.3 is 14.8 Å². The molecule has 5 heteroatoms. The molecule has 18 heavy (non-hydrogen) atoms. The van der Waals surface area contributed by atoms with Crippen molar-refractivity contribution in [1.29, 1.82) is 0 Å². The van der Waals surface area contributed by atoms with Crippen LogP contribution in [-0.2, 0) is 14.3 Å². The molecule has 0 radical (unpaired) electrons. The summed E-state index contributed by atoms with van der Waals surface area (Å²) in [6, 6.07) is 0. The first kappa shape index (κ1) is 15.4. The molecule has 1 aliphatic rings. The zero-order valence-electron chi connectivity index (χ0n) is 11.5. The maximum atomic E-state index is 11.3. The van der Waals surface area contributed by atoms with Crippen LogP contribution in [0.5, 0.6) is 0 Å². The van der Waals surface area contributed by atoms with E-state index in [9.17, 15) is 4.79 Å². The van der Waals surface area contributed by atoms with Crippen LogP contribution in [0.2, 0.25) is 0 Å². The highest BCUT2D eigenvalue weighted by molar-refractivity contribution is 5.69. The molecular weight excluding hydrogens is 232 g/mol. The summed E-state index contributed by atoms with van der Waals surface area (Å²) in [5.74, 6) is -0.148. The highest BCUT2D eigenvalue weighted by Crippen LogP contribution is 1.94. The molecule has 1 fully saturated rings. The fraction of sp³-hybridized carbons (Fsp3) is 0.923. The number of nitrogens with one attached hydrogen (secondary N) is 1. The summed E-state index contributed by atoms with van der Waals surface area (Å²) in [5, 5.41) is 3.31. The molecule has 0 atom stereocenters. The number of carbonyl (C=O) groups is 1. The lowest BCUT2D eigenvalue weighted by Gasteiger charge is -2.26. The monoisotopic (exact) mass is 258 g/mol. The summed E-state index contributed by atoms with van der Waals surface area (Å²) in [5.41, 5.74) is 0. The third-order valence-electron chi connectivity index (χ3n) is 2.97. The predicted molar refractivity (Wildman–Crippen MR) is 70.6 cm³/mol. The van der Waals surface area contributed by atoms with E-state index >= 15 is 0 Å². The molecular formula is C13H26N2O3. The maximum Gasteiger partial charge on any atom is 0.308 e. The molecule has 0 amide bonds. The Labute approximate surface area is 110 Å². The molecule has 1 saturated heterocycles. The first-order valence-corrected chi connectivity index (χ1v) is 6.99. The fourth-order valence-electron chi connectivity index (χ4n) is 1.79. The van der Waals surface area contributed by atoms with E-state index in [0.29, 0.717) is 26.2 Å². The van der Waals surface area contributed by atoms with E-state index in [-0.39, 0.29) is 5.97 Å². The van der Waals surface area contributed by atoms with Gasteiger partial charge in [0, 0.05) is 32.7 Å². The van der Waals surface area contributed by atoms with E-state index < -0.39 is 0 Å². The molecule has 0 spiro atoms. The Kier molecular flexibility index (Phi) is 8.81. The quantitative estimate of drug-likeness (QED) is 0.486. The van der Waals surface area contributed by atoms with E-state index in [1.54, 1.807) is 0 Å². The Bertz CT molecular complexity index is 218. The SMILES string of the molecule is CCCCOC(=O)CCOCCN1CCNCC1. The van der Waals surface area contributed by atoms with Gasteiger partial charge in [-0.2, -0.15) is 0 Å². The Hall–Kier alpha value is -0.650. The lowest BCUT2D eigenvalue weighted by Crippen LogP contribution is -2.44. The van der Waals surface area contributed by atoms with Gasteiger partial charge in [0.25, 0.3) is 0 Å². The number of ether oxygens (including phenoxy) is 2. The van der Waals surface area contributed by atoms with Crippen molar-refractivity contribution in [3.05, 3.63) is 0 Å². The highest BCUT2D eigenvalue weighted by Gasteiger charge is 2.08. The van der Waals surface area contributed by atoms with Crippen LogP contribution in [0.15, 0.2) is 0 Å². The summed E-state index contributed by atoms with van der Waals surface area (Å²) < 4.78 is 10.5. The number of hydrogen-bond acceptors (Lipinski definition) is 5. The maximum absolute atomic E-state index is 11.3. The summed E-state index contributed by atoms with van der Waals surface area (Å²) in [6.45, 7) is 9.02. The minimum atomic E-state index is -0.148. The van der Waals surface area contributed by atoms with Crippen LogP contribution in [-0.4, -0.2) is 63.4 Å². The number of piperazine rings is 1. The van der Waals surface area contributed by atoms with Gasteiger partial charge in [0.05, 0.1) is 26.2 Å². The number of nitrogens with zero attached hydrogens (tertiary/aromatic N) is 1. The third kappa shape index (κ3) is 7.63. The zero-order chi connectivity index (χ0) is 13.1. The second-order valence-corrected chi connectivity index (χ2v) is 4.53. The van der Waals surface area contributed by atoms with Crippen molar-refractivity contribution in [3.63, 3.8) is 0 Å². The zero-order valence-corrected chi connectivity index (χ0v) is 11.5. The van der Waals surface area contributed by atoms with Crippen molar-refractivity contribution in [2.45, 2.75) is 26.2 Å². The standard InChI is InChI=1S/C13H26N2O3/c1-2-3-10-18-13(16)4-11-17-12-9-15-7-5-14-6-8-15/h14H,2-12H2,1H3. The molecule has 0 aromatic carbocycles. The molecule has 106 valence electrons. The molecule has 0 aliphatic carbocycles. The van der Waals surface area contributed by atoms with Gasteiger partial charge in [-0.05, 0) is 6.42 Å². The molecule has 0 saturated carbocycles. The first-order valence-electron chi connectivity index (χ1n) is 6.99. The van der Waals surface area contributed by atoms with Crippen LogP contribution in [0, 0.1) is 0 Å². The van der Waals surface area contributed by atoms with Gasteiger partial charge in [0.15, 0.2) is 0 Å². The van der Waals surface area contributed by atoms with Gasteiger partial charge in [0.1, 0.15) is 0 Å². The van der Waals surface area contributed by atoms with Crippen LogP contribution < -0.4 is 5.32 Å². The van der Waals surface area contributed by atoms with E-state index in [1.165, 1.54) is 0 Å². The van der Waals surface area contributed by atoms with Crippen molar-refractivity contribution in [2.24, 2.45) is 0 Å². The minimum absolute atomic E-state index is 0.148. The Morgan fingerprint density at radius 3 is 2.72 bits per heavy atom. The molecule has 0 aromatic heterocycles. The van der Waals surface area contributed by atoms with Gasteiger partial charge >= 0.3 is 5.97 Å². The molecule has 1 rings (SSSR count). The normalized spacial score (nSPS) is 16.7. The largest absolute Gasteiger partial charge is 0.466 e. The Morgan fingerprint density at radius 1 is 1.22 bits per heavy atom. The van der Waals surface area contributed by atoms with Crippen molar-refractivity contribution in [3.8, 4) is 0 Å². The van der Waals surface area contributed by atoms with Gasteiger partial charge in [-0.15, -0.1) is 0 Å². The lowest BCUT2D eigenvalue weighted by atomic mass is 10.3. The minimum Gasteiger partial charge on any atom is -0.466 e. The molecule has 1 heterocycles. The van der Waals surface area contributed by atoms with Gasteiger partial charge in [-0.1, -0.05) is 13.3 Å². The number of unbranched alkanes of at least 4 members (excludes halogenated alkanes) is 1. The average molecular weight is 258 g/mol. The van der Waals surface area contributed by atoms with Crippen LogP contribution >= 0.6 is 0 Å². The Balaban J connectivity index is 1.86. The van der Waals surface area contributed by atoms with E-state index in [0.717, 1.165) is 45.6 Å². The van der Waals surface area contributed by atoms with Crippen molar-refractivity contribution in [1.82, 2.24) is 10.2 Å². The molecule has 1 aliphatic heterocycles. The third-order valence-corrected chi connectivity index (χ3v) is 2.97. The number of esters is 1. The number of hydrogen-bond donors (Lipinski definition) is 1. The number of carbonyl (C=O) groups excluding carboxylic acids is 1. The average Bonchev–Trinajstić information content (AvgIpc) is 2.40. The second-order valence-electron chi connectivity index (χ2n) is 4.53. The van der Waals surface area contributed by atoms with Gasteiger partial charge in [-0.3, -0.25) is 9.69 Å². The Morgan fingerprint density at radius 2 is 2.00 bits per heavy atom. The van der Waals surface area contributed by atoms with E-state index in [2.05, 4.69) is 17.1 Å². The highest BCUT2D eigenvalue weighted by atomic mass is 16.5. The van der Waals surface area contributed by atoms with Gasteiger partial charge in [-0.25, -0.2) is 0 Å². The predicted octanol–water partition coefficient (Wildman–Crippen LogP) is 0.642. The van der Waals surface area contributed by atoms with Crippen molar-refractivity contribution >= 4 is 5.97 Å². The van der Waals surface area contributed by atoms with Crippen LogP contribution in [0.1, 0.15) is 26.2 Å². The molecule has 1 N–H and O–H groups in total.